The Hall–Kier alpha value is -3.78. The summed E-state index contributed by atoms with van der Waals surface area (Å²) in [5, 5.41) is 20.7. The van der Waals surface area contributed by atoms with Gasteiger partial charge in [0.25, 0.3) is 5.69 Å². The molecule has 3 aromatic rings. The van der Waals surface area contributed by atoms with E-state index in [0.29, 0.717) is 40.7 Å². The lowest BCUT2D eigenvalue weighted by molar-refractivity contribution is -0.384. The lowest BCUT2D eigenvalue weighted by Crippen LogP contribution is -2.02. The Labute approximate surface area is 217 Å². The molecule has 0 N–H and O–H groups in total. The minimum absolute atomic E-state index is 0.0252. The Morgan fingerprint density at radius 2 is 1.74 bits per heavy atom. The molecule has 3 rings (SSSR count). The van der Waals surface area contributed by atoms with Gasteiger partial charge in [0.05, 0.1) is 41.0 Å². The molecule has 0 aliphatic heterocycles. The van der Waals surface area contributed by atoms with E-state index in [1.165, 1.54) is 12.1 Å². The maximum atomic E-state index is 10.9. The minimum Gasteiger partial charge on any atom is -0.493 e. The fourth-order valence-corrected chi connectivity index (χ4v) is 4.08. The van der Waals surface area contributed by atoms with E-state index in [4.69, 9.17) is 18.9 Å². The number of nitro groups is 1. The molecule has 0 aliphatic carbocycles. The van der Waals surface area contributed by atoms with Crippen molar-refractivity contribution in [3.05, 3.63) is 85.0 Å². The molecule has 0 fully saturated rings. The smallest absolute Gasteiger partial charge is 0.269 e. The third-order valence-corrected chi connectivity index (χ3v) is 5.79. The zero-order valence-electron chi connectivity index (χ0n) is 19.4. The summed E-state index contributed by atoms with van der Waals surface area (Å²) in [4.78, 5) is 10.4. The molecular weight excluding hydrogens is 563 g/mol. The monoisotopic (exact) mass is 586 g/mol. The summed E-state index contributed by atoms with van der Waals surface area (Å²) in [6.07, 6.45) is 1.77. The molecule has 0 aromatic heterocycles. The number of nitriles is 1. The molecule has 0 spiro atoms. The van der Waals surface area contributed by atoms with Crippen LogP contribution in [0.2, 0.25) is 0 Å². The van der Waals surface area contributed by atoms with Crippen molar-refractivity contribution >= 4 is 39.9 Å². The van der Waals surface area contributed by atoms with E-state index >= 15 is 0 Å². The van der Waals surface area contributed by atoms with Crippen LogP contribution in [0.25, 0.3) is 11.6 Å². The third-order valence-electron chi connectivity index (χ3n) is 4.99. The van der Waals surface area contributed by atoms with E-state index in [-0.39, 0.29) is 12.3 Å². The standard InChI is InChI=1S/C26H23IN2O6/c1-4-34-25-13-18(11-20(15-28)19-7-10-23(32-2)24(14-19)33-3)12-22(27)26(25)35-16-17-5-8-21(9-6-17)29(30)31/h5-14H,4,16H2,1-3H3/b20-11+. The number of nitro benzene ring substituents is 1. The van der Waals surface area contributed by atoms with Gasteiger partial charge in [0.2, 0.25) is 0 Å². The zero-order valence-corrected chi connectivity index (χ0v) is 21.6. The van der Waals surface area contributed by atoms with Crippen molar-refractivity contribution in [3.63, 3.8) is 0 Å². The Balaban J connectivity index is 1.90. The number of ether oxygens (including phenoxy) is 4. The molecule has 0 unspecified atom stereocenters. The number of rotatable bonds is 10. The van der Waals surface area contributed by atoms with Crippen LogP contribution in [0.3, 0.4) is 0 Å². The van der Waals surface area contributed by atoms with Crippen LogP contribution in [-0.4, -0.2) is 25.7 Å². The van der Waals surface area contributed by atoms with Crippen LogP contribution in [0, 0.1) is 25.0 Å². The maximum absolute atomic E-state index is 10.9. The molecule has 0 amide bonds. The van der Waals surface area contributed by atoms with Crippen molar-refractivity contribution in [2.24, 2.45) is 0 Å². The minimum atomic E-state index is -0.440. The van der Waals surface area contributed by atoms with Gasteiger partial charge in [-0.1, -0.05) is 0 Å². The summed E-state index contributed by atoms with van der Waals surface area (Å²) in [6.45, 7) is 2.52. The molecule has 0 saturated heterocycles. The first-order valence-corrected chi connectivity index (χ1v) is 11.6. The van der Waals surface area contributed by atoms with Gasteiger partial charge in [0.15, 0.2) is 23.0 Å². The number of halogens is 1. The van der Waals surface area contributed by atoms with Crippen LogP contribution in [0.1, 0.15) is 23.6 Å². The summed E-state index contributed by atoms with van der Waals surface area (Å²) in [5.41, 5.74) is 2.72. The number of methoxy groups -OCH3 is 2. The van der Waals surface area contributed by atoms with Crippen molar-refractivity contribution in [1.82, 2.24) is 0 Å². The Morgan fingerprint density at radius 3 is 2.34 bits per heavy atom. The molecule has 9 heteroatoms. The van der Waals surface area contributed by atoms with Gasteiger partial charge in [-0.25, -0.2) is 0 Å². The first-order valence-electron chi connectivity index (χ1n) is 10.6. The summed E-state index contributed by atoms with van der Waals surface area (Å²) in [5.74, 6) is 2.21. The van der Waals surface area contributed by atoms with Gasteiger partial charge in [0, 0.05) is 12.1 Å². The summed E-state index contributed by atoms with van der Waals surface area (Å²) in [7, 11) is 3.10. The summed E-state index contributed by atoms with van der Waals surface area (Å²) < 4.78 is 23.3. The Morgan fingerprint density at radius 1 is 1.03 bits per heavy atom. The molecule has 0 atom stereocenters. The van der Waals surface area contributed by atoms with Gasteiger partial charge in [-0.15, -0.1) is 0 Å². The molecule has 180 valence electrons. The molecule has 35 heavy (non-hydrogen) atoms. The van der Waals surface area contributed by atoms with Gasteiger partial charge in [0.1, 0.15) is 6.61 Å². The second-order valence-electron chi connectivity index (χ2n) is 7.21. The van der Waals surface area contributed by atoms with Crippen molar-refractivity contribution < 1.29 is 23.9 Å². The van der Waals surface area contributed by atoms with Crippen molar-refractivity contribution in [1.29, 1.82) is 5.26 Å². The van der Waals surface area contributed by atoms with Crippen LogP contribution in [0.5, 0.6) is 23.0 Å². The average Bonchev–Trinajstić information content (AvgIpc) is 2.86. The highest BCUT2D eigenvalue weighted by molar-refractivity contribution is 14.1. The average molecular weight is 586 g/mol. The summed E-state index contributed by atoms with van der Waals surface area (Å²) in [6, 6.07) is 17.5. The van der Waals surface area contributed by atoms with Crippen molar-refractivity contribution in [2.45, 2.75) is 13.5 Å². The second-order valence-corrected chi connectivity index (χ2v) is 8.38. The lowest BCUT2D eigenvalue weighted by atomic mass is 10.0. The highest BCUT2D eigenvalue weighted by Crippen LogP contribution is 2.37. The first-order chi connectivity index (χ1) is 16.9. The molecule has 0 radical (unpaired) electrons. The molecule has 0 bridgehead atoms. The van der Waals surface area contributed by atoms with Crippen molar-refractivity contribution in [2.75, 3.05) is 20.8 Å². The number of hydrogen-bond acceptors (Lipinski definition) is 7. The van der Waals surface area contributed by atoms with Crippen molar-refractivity contribution in [3.8, 4) is 29.1 Å². The predicted molar refractivity (Wildman–Crippen MR) is 141 cm³/mol. The number of benzene rings is 3. The van der Waals surface area contributed by atoms with Crippen LogP contribution in [-0.2, 0) is 6.61 Å². The topological polar surface area (TPSA) is 104 Å². The fraction of sp³-hybridized carbons (Fsp3) is 0.192. The maximum Gasteiger partial charge on any atom is 0.269 e. The third kappa shape index (κ3) is 6.42. The molecule has 0 aliphatic rings. The van der Waals surface area contributed by atoms with Crippen LogP contribution >= 0.6 is 22.6 Å². The van der Waals surface area contributed by atoms with Crippen LogP contribution in [0.4, 0.5) is 5.69 Å². The highest BCUT2D eigenvalue weighted by atomic mass is 127. The number of non-ortho nitro benzene ring substituents is 1. The first kappa shape index (κ1) is 25.8. The second kappa shape index (κ2) is 12.1. The quantitative estimate of drug-likeness (QED) is 0.0909. The number of nitrogens with zero attached hydrogens (tertiary/aromatic N) is 2. The van der Waals surface area contributed by atoms with E-state index in [2.05, 4.69) is 28.7 Å². The van der Waals surface area contributed by atoms with Gasteiger partial charge in [-0.3, -0.25) is 10.1 Å². The predicted octanol–water partition coefficient (Wildman–Crippen LogP) is 6.26. The number of allylic oxidation sites excluding steroid dienone is 1. The van der Waals surface area contributed by atoms with Crippen LogP contribution in [0.15, 0.2) is 54.6 Å². The Bertz CT molecular complexity index is 1280. The molecule has 8 nitrogen and oxygen atoms in total. The molecule has 0 heterocycles. The SMILES string of the molecule is CCOc1cc(/C=C(\C#N)c2ccc(OC)c(OC)c2)cc(I)c1OCc1ccc([N+](=O)[O-])cc1. The molecule has 3 aromatic carbocycles. The lowest BCUT2D eigenvalue weighted by Gasteiger charge is -2.15. The van der Waals surface area contributed by atoms with E-state index in [0.717, 1.165) is 14.7 Å². The molecule has 0 saturated carbocycles. The van der Waals surface area contributed by atoms with E-state index in [1.54, 1.807) is 50.6 Å². The van der Waals surface area contributed by atoms with E-state index in [9.17, 15) is 15.4 Å². The largest absolute Gasteiger partial charge is 0.493 e. The van der Waals surface area contributed by atoms with Gasteiger partial charge < -0.3 is 18.9 Å². The van der Waals surface area contributed by atoms with Crippen LogP contribution < -0.4 is 18.9 Å². The van der Waals surface area contributed by atoms with Gasteiger partial charge in [-0.2, -0.15) is 5.26 Å². The Kier molecular flexibility index (Phi) is 8.92. The van der Waals surface area contributed by atoms with Gasteiger partial charge in [-0.05, 0) is 94.7 Å². The zero-order chi connectivity index (χ0) is 25.4. The summed E-state index contributed by atoms with van der Waals surface area (Å²) >= 11 is 2.16. The highest BCUT2D eigenvalue weighted by Gasteiger charge is 2.14. The molecular formula is C26H23IN2O6. The van der Waals surface area contributed by atoms with E-state index in [1.807, 2.05) is 19.1 Å². The normalized spacial score (nSPS) is 10.9. The number of hydrogen-bond donors (Lipinski definition) is 0. The van der Waals surface area contributed by atoms with E-state index < -0.39 is 4.92 Å². The fourth-order valence-electron chi connectivity index (χ4n) is 3.29. The van der Waals surface area contributed by atoms with Gasteiger partial charge >= 0.3 is 0 Å².